The van der Waals surface area contributed by atoms with Crippen molar-refractivity contribution in [1.82, 2.24) is 9.88 Å². The van der Waals surface area contributed by atoms with Gasteiger partial charge in [0.2, 0.25) is 0 Å². The molecule has 0 bridgehead atoms. The van der Waals surface area contributed by atoms with Crippen LogP contribution in [0.2, 0.25) is 0 Å². The maximum Gasteiger partial charge on any atom is 0.411 e. The molecule has 1 saturated carbocycles. The van der Waals surface area contributed by atoms with Gasteiger partial charge in [0, 0.05) is 25.6 Å². The Morgan fingerprint density at radius 2 is 1.74 bits per heavy atom. The number of benzene rings is 2. The second-order valence-corrected chi connectivity index (χ2v) is 11.3. The van der Waals surface area contributed by atoms with Crippen LogP contribution in [0.15, 0.2) is 72.9 Å². The highest BCUT2D eigenvalue weighted by Crippen LogP contribution is 2.48. The minimum absolute atomic E-state index is 0.206. The lowest BCUT2D eigenvalue weighted by Gasteiger charge is -2.45. The zero-order chi connectivity index (χ0) is 27.1. The summed E-state index contributed by atoms with van der Waals surface area (Å²) in [6, 6.07) is 21.2. The first-order valence-corrected chi connectivity index (χ1v) is 13.1. The van der Waals surface area contributed by atoms with Gasteiger partial charge in [-0.1, -0.05) is 54.6 Å². The highest BCUT2D eigenvalue weighted by Gasteiger charge is 2.53. The number of aliphatic carboxylic acids is 1. The highest BCUT2D eigenvalue weighted by atomic mass is 16.6. The number of hydrogen-bond acceptors (Lipinski definition) is 5. The largest absolute Gasteiger partial charge is 0.481 e. The lowest BCUT2D eigenvalue weighted by Crippen LogP contribution is -2.51. The summed E-state index contributed by atoms with van der Waals surface area (Å²) in [5, 5.41) is 20.2. The molecule has 7 nitrogen and oxygen atoms in total. The number of carboxylic acids is 1. The molecule has 38 heavy (non-hydrogen) atoms. The molecule has 1 saturated heterocycles. The van der Waals surface area contributed by atoms with Crippen molar-refractivity contribution in [3.8, 4) is 11.1 Å². The van der Waals surface area contributed by atoms with E-state index in [1.807, 2.05) is 73.7 Å². The fourth-order valence-electron chi connectivity index (χ4n) is 5.60. The molecule has 2 atom stereocenters. The van der Waals surface area contributed by atoms with Gasteiger partial charge in [0.15, 0.2) is 0 Å². The van der Waals surface area contributed by atoms with E-state index < -0.39 is 28.7 Å². The molecule has 1 aromatic heterocycles. The molecule has 0 unspecified atom stereocenters. The molecule has 2 aromatic carbocycles. The first kappa shape index (κ1) is 25.9. The molecule has 198 valence electrons. The van der Waals surface area contributed by atoms with Crippen molar-refractivity contribution in [3.05, 3.63) is 89.7 Å². The van der Waals surface area contributed by atoms with E-state index >= 15 is 0 Å². The van der Waals surface area contributed by atoms with Gasteiger partial charge in [-0.3, -0.25) is 9.78 Å². The van der Waals surface area contributed by atoms with E-state index in [2.05, 4.69) is 4.98 Å². The molecule has 7 heteroatoms. The Bertz CT molecular complexity index is 1330. The van der Waals surface area contributed by atoms with Crippen LogP contribution in [-0.4, -0.2) is 44.3 Å². The van der Waals surface area contributed by atoms with Crippen molar-refractivity contribution in [3.63, 3.8) is 0 Å². The molecule has 2 heterocycles. The van der Waals surface area contributed by atoms with Crippen LogP contribution in [0.1, 0.15) is 69.3 Å². The van der Waals surface area contributed by atoms with E-state index in [4.69, 9.17) is 4.74 Å². The number of carbonyl (C=O) groups excluding carboxylic acids is 1. The maximum atomic E-state index is 13.3. The van der Waals surface area contributed by atoms with Crippen molar-refractivity contribution in [2.24, 2.45) is 0 Å². The summed E-state index contributed by atoms with van der Waals surface area (Å²) in [5.74, 6) is -0.821. The van der Waals surface area contributed by atoms with E-state index in [1.165, 1.54) is 0 Å². The predicted molar refractivity (Wildman–Crippen MR) is 143 cm³/mol. The monoisotopic (exact) mass is 514 g/mol. The third-order valence-corrected chi connectivity index (χ3v) is 7.90. The number of rotatable bonds is 8. The number of amides is 1. The Kier molecular flexibility index (Phi) is 6.51. The van der Waals surface area contributed by atoms with Crippen LogP contribution in [0.4, 0.5) is 4.79 Å². The minimum Gasteiger partial charge on any atom is -0.481 e. The average molecular weight is 515 g/mol. The molecular weight excluding hydrogens is 480 g/mol. The number of aliphatic hydroxyl groups is 1. The number of nitrogens with zero attached hydrogens (tertiary/aromatic N) is 2. The molecule has 3 aromatic rings. The number of ether oxygens (including phenoxy) is 1. The molecular formula is C31H34N2O5. The molecule has 5 rings (SSSR count). The number of carboxylic acid groups (broad SMARTS) is 1. The molecule has 1 aliphatic carbocycles. The predicted octanol–water partition coefficient (Wildman–Crippen LogP) is 5.82. The first-order valence-electron chi connectivity index (χ1n) is 13.1. The van der Waals surface area contributed by atoms with E-state index in [9.17, 15) is 19.8 Å². The summed E-state index contributed by atoms with van der Waals surface area (Å²) in [5.41, 5.74) is 1.60. The van der Waals surface area contributed by atoms with Gasteiger partial charge in [-0.2, -0.15) is 0 Å². The Morgan fingerprint density at radius 3 is 2.32 bits per heavy atom. The molecule has 2 aliphatic rings. The van der Waals surface area contributed by atoms with Crippen LogP contribution in [0, 0.1) is 0 Å². The molecule has 1 aliphatic heterocycles. The van der Waals surface area contributed by atoms with Gasteiger partial charge < -0.3 is 19.8 Å². The van der Waals surface area contributed by atoms with Gasteiger partial charge >= 0.3 is 12.1 Å². The highest BCUT2D eigenvalue weighted by molar-refractivity contribution is 5.84. The molecule has 2 N–H and O–H groups in total. The average Bonchev–Trinajstić information content (AvgIpc) is 3.71. The molecule has 1 amide bonds. The van der Waals surface area contributed by atoms with Crippen molar-refractivity contribution in [2.75, 3.05) is 6.54 Å². The Labute approximate surface area is 223 Å². The maximum absolute atomic E-state index is 13.3. The number of carbonyl (C=O) groups is 2. The number of hydrogen-bond donors (Lipinski definition) is 2. The smallest absolute Gasteiger partial charge is 0.411 e. The fourth-order valence-corrected chi connectivity index (χ4v) is 5.60. The normalized spacial score (nSPS) is 21.5. The van der Waals surface area contributed by atoms with Crippen LogP contribution in [-0.2, 0) is 20.5 Å². The summed E-state index contributed by atoms with van der Waals surface area (Å²) >= 11 is 0. The topological polar surface area (TPSA) is 100.0 Å². The number of pyridine rings is 1. The third kappa shape index (κ3) is 4.90. The quantitative estimate of drug-likeness (QED) is 0.393. The van der Waals surface area contributed by atoms with Crippen molar-refractivity contribution < 1.29 is 24.5 Å². The van der Waals surface area contributed by atoms with Crippen LogP contribution >= 0.6 is 0 Å². The molecule has 0 radical (unpaired) electrons. The van der Waals surface area contributed by atoms with Gasteiger partial charge in [-0.05, 0) is 68.0 Å². The summed E-state index contributed by atoms with van der Waals surface area (Å²) in [6.07, 6.45) is 3.37. The van der Waals surface area contributed by atoms with Crippen molar-refractivity contribution >= 4 is 12.1 Å². The van der Waals surface area contributed by atoms with Crippen molar-refractivity contribution in [2.45, 2.75) is 69.1 Å². The van der Waals surface area contributed by atoms with Gasteiger partial charge in [0.1, 0.15) is 11.0 Å². The van der Waals surface area contributed by atoms with Gasteiger partial charge in [0.25, 0.3) is 0 Å². The van der Waals surface area contributed by atoms with Crippen LogP contribution < -0.4 is 0 Å². The summed E-state index contributed by atoms with van der Waals surface area (Å²) < 4.78 is 6.13. The van der Waals surface area contributed by atoms with E-state index in [1.54, 1.807) is 24.9 Å². The Balaban J connectivity index is 1.33. The van der Waals surface area contributed by atoms with Crippen LogP contribution in [0.3, 0.4) is 0 Å². The summed E-state index contributed by atoms with van der Waals surface area (Å²) in [6.45, 7) is 5.95. The van der Waals surface area contributed by atoms with Crippen LogP contribution in [0.25, 0.3) is 11.1 Å². The van der Waals surface area contributed by atoms with E-state index in [-0.39, 0.29) is 6.04 Å². The summed E-state index contributed by atoms with van der Waals surface area (Å²) in [7, 11) is 0. The Hall–Kier alpha value is -3.71. The SMILES string of the molecule is C[C@@H](c1ccc(-c2ccnc(C3(C(=O)O)CC3)c2)cc1)N1CC[C@](CC(C)(C)O)(c2ccccc2)OC1=O. The van der Waals surface area contributed by atoms with E-state index in [0.717, 1.165) is 22.3 Å². The van der Waals surface area contributed by atoms with E-state index in [0.29, 0.717) is 37.9 Å². The number of aromatic nitrogens is 1. The van der Waals surface area contributed by atoms with Gasteiger partial charge in [0.05, 0.1) is 17.3 Å². The standard InChI is InChI=1S/C31H34N2O5/c1-21(33-18-16-31(38-28(33)36,20-29(2,3)37)25-7-5-4-6-8-25)22-9-11-23(12-10-22)24-13-17-32-26(19-24)30(14-15-30)27(34)35/h4-13,17,19,21,37H,14-16,18,20H2,1-3H3,(H,34,35)/t21-,31-/m0/s1. The van der Waals surface area contributed by atoms with Crippen molar-refractivity contribution in [1.29, 1.82) is 0 Å². The first-order chi connectivity index (χ1) is 18.0. The fraction of sp³-hybridized carbons (Fsp3) is 0.387. The second kappa shape index (κ2) is 9.55. The lowest BCUT2D eigenvalue weighted by molar-refractivity contribution is -0.140. The zero-order valence-electron chi connectivity index (χ0n) is 22.1. The molecule has 0 spiro atoms. The van der Waals surface area contributed by atoms with Gasteiger partial charge in [-0.15, -0.1) is 0 Å². The lowest BCUT2D eigenvalue weighted by atomic mass is 9.80. The molecule has 2 fully saturated rings. The second-order valence-electron chi connectivity index (χ2n) is 11.3. The number of cyclic esters (lactones) is 1. The zero-order valence-corrected chi connectivity index (χ0v) is 22.1. The third-order valence-electron chi connectivity index (χ3n) is 7.90. The van der Waals surface area contributed by atoms with Crippen LogP contribution in [0.5, 0.6) is 0 Å². The Morgan fingerprint density at radius 1 is 1.05 bits per heavy atom. The summed E-state index contributed by atoms with van der Waals surface area (Å²) in [4.78, 5) is 31.1. The minimum atomic E-state index is -1.00. The van der Waals surface area contributed by atoms with Gasteiger partial charge in [-0.25, -0.2) is 4.79 Å².